The Morgan fingerprint density at radius 2 is 2.00 bits per heavy atom. The minimum Gasteiger partial charge on any atom is -0.496 e. The number of sulfone groups is 1. The lowest BCUT2D eigenvalue weighted by molar-refractivity contribution is 0.412. The molecule has 0 amide bonds. The zero-order valence-corrected chi connectivity index (χ0v) is 15.0. The van der Waals surface area contributed by atoms with Crippen molar-refractivity contribution in [2.75, 3.05) is 19.1 Å². The third kappa shape index (κ3) is 2.93. The van der Waals surface area contributed by atoms with Crippen molar-refractivity contribution in [3.05, 3.63) is 21.8 Å². The summed E-state index contributed by atoms with van der Waals surface area (Å²) in [5, 5.41) is 3.83. The minimum atomic E-state index is -3.59. The SMILES string of the molecule is COc1cc(-c2nc3nc(S(C)(=O)=O)nc(N)n3n2)ccc1I. The molecule has 0 saturated heterocycles. The molecule has 0 unspecified atom stereocenters. The van der Waals surface area contributed by atoms with Gasteiger partial charge in [-0.1, -0.05) is 0 Å². The lowest BCUT2D eigenvalue weighted by atomic mass is 10.2. The molecule has 0 aliphatic rings. The van der Waals surface area contributed by atoms with E-state index in [-0.39, 0.29) is 16.9 Å². The molecule has 0 radical (unpaired) electrons. The fourth-order valence-corrected chi connectivity index (χ4v) is 2.94. The number of anilines is 1. The Labute approximate surface area is 145 Å². The number of nitrogens with zero attached hydrogens (tertiary/aromatic N) is 5. The highest BCUT2D eigenvalue weighted by atomic mass is 127. The number of rotatable bonds is 3. The smallest absolute Gasteiger partial charge is 0.258 e. The van der Waals surface area contributed by atoms with Crippen LogP contribution < -0.4 is 10.5 Å². The third-order valence-corrected chi connectivity index (χ3v) is 4.69. The van der Waals surface area contributed by atoms with E-state index >= 15 is 0 Å². The maximum absolute atomic E-state index is 11.6. The summed E-state index contributed by atoms with van der Waals surface area (Å²) in [6, 6.07) is 5.45. The number of fused-ring (bicyclic) bond motifs is 1. The molecule has 2 aromatic heterocycles. The number of aromatic nitrogens is 5. The predicted octanol–water partition coefficient (Wildman–Crippen LogP) is 0.785. The van der Waals surface area contributed by atoms with Crippen LogP contribution >= 0.6 is 22.6 Å². The Bertz CT molecular complexity index is 1020. The lowest BCUT2D eigenvalue weighted by Gasteiger charge is -2.03. The molecule has 0 aliphatic heterocycles. The van der Waals surface area contributed by atoms with Gasteiger partial charge in [-0.05, 0) is 40.8 Å². The van der Waals surface area contributed by atoms with Gasteiger partial charge in [0.2, 0.25) is 15.8 Å². The van der Waals surface area contributed by atoms with Crippen molar-refractivity contribution in [2.45, 2.75) is 5.16 Å². The standard InChI is InChI=1S/C12H11IN6O3S/c1-22-8-5-6(3-4-7(8)13)9-15-11-17-12(23(2,20)21)16-10(14)19(11)18-9/h3-5H,1-2H3,(H2,14,15,16,17,18). The maximum atomic E-state index is 11.6. The number of halogens is 1. The highest BCUT2D eigenvalue weighted by Gasteiger charge is 2.18. The summed E-state index contributed by atoms with van der Waals surface area (Å²) in [7, 11) is -2.02. The fourth-order valence-electron chi connectivity index (χ4n) is 1.87. The number of nitrogens with two attached hydrogens (primary N) is 1. The predicted molar refractivity (Wildman–Crippen MR) is 90.8 cm³/mol. The molecule has 0 bridgehead atoms. The molecule has 2 heterocycles. The molecule has 3 aromatic rings. The van der Waals surface area contributed by atoms with Gasteiger partial charge in [-0.25, -0.2) is 8.42 Å². The molecule has 0 fully saturated rings. The van der Waals surface area contributed by atoms with E-state index in [4.69, 9.17) is 10.5 Å². The van der Waals surface area contributed by atoms with Crippen LogP contribution in [0.15, 0.2) is 23.4 Å². The van der Waals surface area contributed by atoms with E-state index in [1.165, 1.54) is 4.52 Å². The molecule has 3 rings (SSSR count). The van der Waals surface area contributed by atoms with Crippen molar-refractivity contribution in [1.29, 1.82) is 0 Å². The topological polar surface area (TPSA) is 125 Å². The van der Waals surface area contributed by atoms with E-state index in [1.54, 1.807) is 13.2 Å². The van der Waals surface area contributed by atoms with Crippen molar-refractivity contribution in [3.63, 3.8) is 0 Å². The summed E-state index contributed by atoms with van der Waals surface area (Å²) in [6.07, 6.45) is 1.000. The van der Waals surface area contributed by atoms with Crippen molar-refractivity contribution >= 4 is 44.2 Å². The van der Waals surface area contributed by atoms with Crippen LogP contribution in [0.25, 0.3) is 17.2 Å². The highest BCUT2D eigenvalue weighted by Crippen LogP contribution is 2.27. The molecule has 120 valence electrons. The largest absolute Gasteiger partial charge is 0.496 e. The van der Waals surface area contributed by atoms with Gasteiger partial charge in [-0.3, -0.25) is 0 Å². The molecule has 11 heteroatoms. The van der Waals surface area contributed by atoms with Gasteiger partial charge in [0, 0.05) is 11.8 Å². The van der Waals surface area contributed by atoms with Crippen molar-refractivity contribution in [1.82, 2.24) is 24.6 Å². The molecule has 9 nitrogen and oxygen atoms in total. The summed E-state index contributed by atoms with van der Waals surface area (Å²) in [5.74, 6) is 0.973. The van der Waals surface area contributed by atoms with Crippen LogP contribution in [0.2, 0.25) is 0 Å². The van der Waals surface area contributed by atoms with Gasteiger partial charge in [0.25, 0.3) is 10.9 Å². The van der Waals surface area contributed by atoms with Crippen LogP contribution in [0.1, 0.15) is 0 Å². The van der Waals surface area contributed by atoms with Crippen LogP contribution in [-0.2, 0) is 9.84 Å². The number of hydrogen-bond donors (Lipinski definition) is 1. The monoisotopic (exact) mass is 446 g/mol. The third-order valence-electron chi connectivity index (χ3n) is 2.95. The van der Waals surface area contributed by atoms with E-state index in [0.717, 1.165) is 9.83 Å². The van der Waals surface area contributed by atoms with Crippen LogP contribution in [0.5, 0.6) is 5.75 Å². The molecule has 0 saturated carbocycles. The summed E-state index contributed by atoms with van der Waals surface area (Å²) in [6.45, 7) is 0. The first-order valence-electron chi connectivity index (χ1n) is 6.24. The quantitative estimate of drug-likeness (QED) is 0.586. The lowest BCUT2D eigenvalue weighted by Crippen LogP contribution is -2.11. The van der Waals surface area contributed by atoms with Crippen molar-refractivity contribution in [2.24, 2.45) is 0 Å². The van der Waals surface area contributed by atoms with E-state index in [1.807, 2.05) is 12.1 Å². The minimum absolute atomic E-state index is 0.0606. The first kappa shape index (κ1) is 15.9. The van der Waals surface area contributed by atoms with Gasteiger partial charge in [0.1, 0.15) is 5.75 Å². The first-order valence-corrected chi connectivity index (χ1v) is 9.21. The van der Waals surface area contributed by atoms with Crippen molar-refractivity contribution < 1.29 is 13.2 Å². The van der Waals surface area contributed by atoms with E-state index in [9.17, 15) is 8.42 Å². The molecule has 0 atom stereocenters. The average Bonchev–Trinajstić information content (AvgIpc) is 2.91. The second kappa shape index (κ2) is 5.56. The number of hydrogen-bond acceptors (Lipinski definition) is 8. The van der Waals surface area contributed by atoms with Gasteiger partial charge >= 0.3 is 0 Å². The van der Waals surface area contributed by atoms with E-state index in [2.05, 4.69) is 42.6 Å². The Morgan fingerprint density at radius 1 is 1.26 bits per heavy atom. The molecular formula is C12H11IN6O3S. The van der Waals surface area contributed by atoms with Gasteiger partial charge in [0.05, 0.1) is 10.7 Å². The fraction of sp³-hybridized carbons (Fsp3) is 0.167. The van der Waals surface area contributed by atoms with Crippen LogP contribution in [0, 0.1) is 3.57 Å². The summed E-state index contributed by atoms with van der Waals surface area (Å²) >= 11 is 2.15. The van der Waals surface area contributed by atoms with Gasteiger partial charge in [-0.15, -0.1) is 5.10 Å². The van der Waals surface area contributed by atoms with Gasteiger partial charge < -0.3 is 10.5 Å². The Hall–Kier alpha value is -2.02. The molecule has 1 aromatic carbocycles. The van der Waals surface area contributed by atoms with Crippen LogP contribution in [0.3, 0.4) is 0 Å². The second-order valence-electron chi connectivity index (χ2n) is 4.63. The first-order chi connectivity index (χ1) is 10.8. The number of ether oxygens (including phenoxy) is 1. The average molecular weight is 446 g/mol. The number of benzene rings is 1. The van der Waals surface area contributed by atoms with Crippen molar-refractivity contribution in [3.8, 4) is 17.1 Å². The molecule has 0 spiro atoms. The van der Waals surface area contributed by atoms with Gasteiger partial charge in [-0.2, -0.15) is 19.5 Å². The van der Waals surface area contributed by atoms with E-state index < -0.39 is 9.84 Å². The Morgan fingerprint density at radius 3 is 2.65 bits per heavy atom. The second-order valence-corrected chi connectivity index (χ2v) is 7.70. The molecule has 23 heavy (non-hydrogen) atoms. The summed E-state index contributed by atoms with van der Waals surface area (Å²) in [4.78, 5) is 11.9. The summed E-state index contributed by atoms with van der Waals surface area (Å²) in [5.41, 5.74) is 6.43. The zero-order valence-electron chi connectivity index (χ0n) is 12.1. The number of nitrogen functional groups attached to an aromatic ring is 1. The van der Waals surface area contributed by atoms with E-state index in [0.29, 0.717) is 17.1 Å². The normalized spacial score (nSPS) is 11.8. The highest BCUT2D eigenvalue weighted by molar-refractivity contribution is 14.1. The molecular weight excluding hydrogens is 435 g/mol. The van der Waals surface area contributed by atoms with Crippen LogP contribution in [-0.4, -0.2) is 46.3 Å². The van der Waals surface area contributed by atoms with Gasteiger partial charge in [0.15, 0.2) is 5.82 Å². The zero-order chi connectivity index (χ0) is 16.8. The summed E-state index contributed by atoms with van der Waals surface area (Å²) < 4.78 is 30.5. The number of methoxy groups -OCH3 is 1. The molecule has 0 aliphatic carbocycles. The molecule has 2 N–H and O–H groups in total. The Balaban J connectivity index is 2.19. The Kier molecular flexibility index (Phi) is 3.83. The van der Waals surface area contributed by atoms with Crippen LogP contribution in [0.4, 0.5) is 5.95 Å². The maximum Gasteiger partial charge on any atom is 0.258 e.